The third-order valence-corrected chi connectivity index (χ3v) is 4.79. The Hall–Kier alpha value is -3.13. The van der Waals surface area contributed by atoms with Crippen molar-refractivity contribution in [3.8, 4) is 0 Å². The van der Waals surface area contributed by atoms with Crippen LogP contribution in [0.2, 0.25) is 0 Å². The molecule has 36 heavy (non-hydrogen) atoms. The van der Waals surface area contributed by atoms with Gasteiger partial charge in [-0.3, -0.25) is 4.79 Å². The monoisotopic (exact) mass is 540 g/mol. The van der Waals surface area contributed by atoms with E-state index in [0.717, 1.165) is 0 Å². The van der Waals surface area contributed by atoms with Gasteiger partial charge in [0.15, 0.2) is 5.78 Å². The van der Waals surface area contributed by atoms with Crippen molar-refractivity contribution in [2.45, 2.75) is 50.4 Å². The Bertz CT molecular complexity index is 966. The van der Waals surface area contributed by atoms with Gasteiger partial charge in [0, 0.05) is 22.5 Å². The van der Waals surface area contributed by atoms with Gasteiger partial charge in [-0.2, -0.15) is 52.7 Å². The first kappa shape index (κ1) is 29.1. The van der Waals surface area contributed by atoms with Gasteiger partial charge in [-0.25, -0.2) is 0 Å². The normalized spacial score (nSPS) is 13.2. The van der Waals surface area contributed by atoms with Crippen molar-refractivity contribution in [2.75, 3.05) is 11.5 Å². The van der Waals surface area contributed by atoms with Crippen LogP contribution in [-0.4, -0.2) is 30.5 Å². The number of ketones is 1. The molecule has 0 aliphatic carbocycles. The number of anilines is 2. The minimum Gasteiger partial charge on any atom is -0.398 e. The van der Waals surface area contributed by atoms with Crippen molar-refractivity contribution >= 4 is 17.2 Å². The van der Waals surface area contributed by atoms with Crippen LogP contribution in [0.15, 0.2) is 24.3 Å². The van der Waals surface area contributed by atoms with Gasteiger partial charge >= 0.3 is 24.7 Å². The summed E-state index contributed by atoms with van der Waals surface area (Å²) in [5, 5.41) is 0. The Morgan fingerprint density at radius 3 is 0.861 bits per heavy atom. The molecule has 0 unspecified atom stereocenters. The van der Waals surface area contributed by atoms with Crippen molar-refractivity contribution in [1.29, 1.82) is 0 Å². The molecule has 0 saturated heterocycles. The highest BCUT2D eigenvalue weighted by Crippen LogP contribution is 2.35. The molecule has 0 spiro atoms. The third-order valence-electron chi connectivity index (χ3n) is 4.79. The average Bonchev–Trinajstić information content (AvgIpc) is 2.63. The van der Waals surface area contributed by atoms with Crippen LogP contribution in [-0.2, 0) is 25.7 Å². The SMILES string of the molecule is Nc1c(CC(F)(F)F)cc(C(=O)c2cc(CC(F)(F)F)c(N)c(CC(F)(F)F)c2)cc1CC(F)(F)F. The maximum Gasteiger partial charge on any atom is 0.393 e. The Morgan fingerprint density at radius 2 is 0.694 bits per heavy atom. The molecule has 4 N–H and O–H groups in total. The summed E-state index contributed by atoms with van der Waals surface area (Å²) in [6, 6.07) is 1.98. The van der Waals surface area contributed by atoms with Gasteiger partial charge in [-0.15, -0.1) is 0 Å². The lowest BCUT2D eigenvalue weighted by Crippen LogP contribution is -2.20. The second kappa shape index (κ2) is 9.73. The minimum atomic E-state index is -4.97. The predicted octanol–water partition coefficient (Wildman–Crippen LogP) is 6.50. The van der Waals surface area contributed by atoms with Crippen LogP contribution in [0.3, 0.4) is 0 Å². The first-order chi connectivity index (χ1) is 16.0. The highest BCUT2D eigenvalue weighted by molar-refractivity contribution is 6.10. The number of carbonyl (C=O) groups excluding carboxylic acids is 1. The maximum atomic E-state index is 12.9. The molecule has 0 saturated carbocycles. The lowest BCUT2D eigenvalue weighted by Gasteiger charge is -2.18. The molecule has 0 heterocycles. The zero-order valence-electron chi connectivity index (χ0n) is 17.7. The highest BCUT2D eigenvalue weighted by atomic mass is 19.4. The molecule has 2 aromatic rings. The molecule has 0 fully saturated rings. The van der Waals surface area contributed by atoms with Crippen molar-refractivity contribution in [2.24, 2.45) is 0 Å². The fraction of sp³-hybridized carbons (Fsp3) is 0.381. The highest BCUT2D eigenvalue weighted by Gasteiger charge is 2.35. The number of benzene rings is 2. The molecular formula is C21H16F12N2O. The molecule has 0 aromatic heterocycles. The molecule has 0 atom stereocenters. The van der Waals surface area contributed by atoms with E-state index in [1.54, 1.807) is 0 Å². The van der Waals surface area contributed by atoms with Crippen molar-refractivity contribution < 1.29 is 57.5 Å². The molecule has 2 aromatic carbocycles. The second-order valence-electron chi connectivity index (χ2n) is 7.91. The van der Waals surface area contributed by atoms with E-state index in [0.29, 0.717) is 24.3 Å². The predicted molar refractivity (Wildman–Crippen MR) is 104 cm³/mol. The summed E-state index contributed by atoms with van der Waals surface area (Å²) in [7, 11) is 0. The van der Waals surface area contributed by atoms with Gasteiger partial charge in [-0.1, -0.05) is 0 Å². The number of hydrogen-bond acceptors (Lipinski definition) is 3. The van der Waals surface area contributed by atoms with E-state index in [9.17, 15) is 57.5 Å². The van der Waals surface area contributed by atoms with E-state index < -0.39 is 101 Å². The number of alkyl halides is 12. The Labute approximate surface area is 195 Å². The fourth-order valence-electron chi connectivity index (χ4n) is 3.44. The van der Waals surface area contributed by atoms with E-state index in [4.69, 9.17) is 11.5 Å². The average molecular weight is 540 g/mol. The van der Waals surface area contributed by atoms with Crippen LogP contribution in [0, 0.1) is 0 Å². The third kappa shape index (κ3) is 8.52. The molecule has 3 nitrogen and oxygen atoms in total. The topological polar surface area (TPSA) is 69.1 Å². The molecule has 0 bridgehead atoms. The van der Waals surface area contributed by atoms with Crippen molar-refractivity contribution in [3.05, 3.63) is 57.6 Å². The number of nitrogen functional groups attached to an aromatic ring is 2. The van der Waals surface area contributed by atoms with Gasteiger partial charge in [0.1, 0.15) is 0 Å². The van der Waals surface area contributed by atoms with Crippen LogP contribution in [0.25, 0.3) is 0 Å². The van der Waals surface area contributed by atoms with E-state index in [-0.39, 0.29) is 0 Å². The quantitative estimate of drug-likeness (QED) is 0.250. The molecule has 0 radical (unpaired) electrons. The van der Waals surface area contributed by atoms with Crippen molar-refractivity contribution in [1.82, 2.24) is 0 Å². The summed E-state index contributed by atoms with van der Waals surface area (Å²) in [5.41, 5.74) is 3.68. The van der Waals surface area contributed by atoms with Crippen LogP contribution in [0.4, 0.5) is 64.1 Å². The van der Waals surface area contributed by atoms with Crippen LogP contribution in [0.1, 0.15) is 38.2 Å². The van der Waals surface area contributed by atoms with Gasteiger partial charge in [-0.05, 0) is 46.5 Å². The van der Waals surface area contributed by atoms with E-state index >= 15 is 0 Å². The fourth-order valence-corrected chi connectivity index (χ4v) is 3.44. The first-order valence-electron chi connectivity index (χ1n) is 9.69. The number of halogens is 12. The molecular weight excluding hydrogens is 524 g/mol. The molecule has 0 amide bonds. The summed E-state index contributed by atoms with van der Waals surface area (Å²) < 4.78 is 155. The summed E-state index contributed by atoms with van der Waals surface area (Å²) >= 11 is 0. The Morgan fingerprint density at radius 1 is 0.500 bits per heavy atom. The van der Waals surface area contributed by atoms with Gasteiger partial charge in [0.25, 0.3) is 0 Å². The van der Waals surface area contributed by atoms with E-state index in [1.807, 2.05) is 0 Å². The number of hydrogen-bond donors (Lipinski definition) is 2. The number of carbonyl (C=O) groups is 1. The zero-order chi connectivity index (χ0) is 27.9. The first-order valence-corrected chi connectivity index (χ1v) is 9.69. The molecule has 2 rings (SSSR count). The largest absolute Gasteiger partial charge is 0.398 e. The Balaban J connectivity index is 2.72. The molecule has 0 aliphatic rings. The Kier molecular flexibility index (Phi) is 7.87. The minimum absolute atomic E-state index is 0.494. The summed E-state index contributed by atoms with van der Waals surface area (Å²) in [6.07, 6.45) is -27.2. The van der Waals surface area contributed by atoms with Gasteiger partial charge in [0.2, 0.25) is 0 Å². The second-order valence-corrected chi connectivity index (χ2v) is 7.91. The number of rotatable bonds is 6. The van der Waals surface area contributed by atoms with Crippen LogP contribution in [0.5, 0.6) is 0 Å². The lowest BCUT2D eigenvalue weighted by atomic mass is 9.91. The summed E-state index contributed by atoms with van der Waals surface area (Å²) in [4.78, 5) is 12.9. The van der Waals surface area contributed by atoms with Crippen LogP contribution < -0.4 is 11.5 Å². The summed E-state index contributed by atoms with van der Waals surface area (Å²) in [5.74, 6) is -1.42. The van der Waals surface area contributed by atoms with Gasteiger partial charge < -0.3 is 11.5 Å². The standard InChI is InChI=1S/C21H16F12N2O/c22-18(23,24)5-11-1-9(2-12(15(11)34)6-19(25,26)27)17(36)10-3-13(7-20(28,29)30)16(35)14(4-10)8-21(31,32)33/h1-4H,5-8,34-35H2. The van der Waals surface area contributed by atoms with E-state index in [1.165, 1.54) is 0 Å². The molecule has 15 heteroatoms. The lowest BCUT2D eigenvalue weighted by molar-refractivity contribution is -0.129. The molecule has 200 valence electrons. The van der Waals surface area contributed by atoms with Crippen LogP contribution >= 0.6 is 0 Å². The van der Waals surface area contributed by atoms with Gasteiger partial charge in [0.05, 0.1) is 25.7 Å². The summed E-state index contributed by atoms with van der Waals surface area (Å²) in [6.45, 7) is 0. The smallest absolute Gasteiger partial charge is 0.393 e. The number of nitrogens with two attached hydrogens (primary N) is 2. The molecule has 0 aliphatic heterocycles. The van der Waals surface area contributed by atoms with Crippen molar-refractivity contribution in [3.63, 3.8) is 0 Å². The maximum absolute atomic E-state index is 12.9. The van der Waals surface area contributed by atoms with E-state index in [2.05, 4.69) is 0 Å². The zero-order valence-corrected chi connectivity index (χ0v) is 17.7.